The molecule has 0 saturated carbocycles. The highest BCUT2D eigenvalue weighted by molar-refractivity contribution is 5.87. The molecule has 0 bridgehead atoms. The maximum absolute atomic E-state index is 11.7. The molecule has 1 aromatic carbocycles. The van der Waals surface area contributed by atoms with Crippen molar-refractivity contribution >= 4 is 17.8 Å². The number of amides is 1. The lowest BCUT2D eigenvalue weighted by Crippen LogP contribution is -2.36. The van der Waals surface area contributed by atoms with Gasteiger partial charge in [0.05, 0.1) is 6.61 Å². The third kappa shape index (κ3) is 8.08. The number of carbonyl (C=O) groups is 3. The summed E-state index contributed by atoms with van der Waals surface area (Å²) in [5.74, 6) is -0.848. The van der Waals surface area contributed by atoms with Gasteiger partial charge in [0.15, 0.2) is 0 Å². The van der Waals surface area contributed by atoms with Gasteiger partial charge in [0, 0.05) is 26.9 Å². The van der Waals surface area contributed by atoms with E-state index >= 15 is 0 Å². The fourth-order valence-corrected chi connectivity index (χ4v) is 3.25. The molecule has 1 amide bonds. The van der Waals surface area contributed by atoms with Crippen molar-refractivity contribution < 1.29 is 23.9 Å². The molecule has 1 aliphatic heterocycles. The summed E-state index contributed by atoms with van der Waals surface area (Å²) >= 11 is 0. The summed E-state index contributed by atoms with van der Waals surface area (Å²) in [6, 6.07) is 8.09. The first kappa shape index (κ1) is 21.9. The van der Waals surface area contributed by atoms with E-state index in [0.717, 1.165) is 32.3 Å². The average Bonchev–Trinajstić information content (AvgIpc) is 2.64. The number of rotatable bonds is 9. The van der Waals surface area contributed by atoms with Crippen LogP contribution in [0.25, 0.3) is 0 Å². The molecule has 2 rings (SSSR count). The number of carbonyl (C=O) groups excluding carboxylic acids is 3. The maximum atomic E-state index is 11.7. The first-order valence-electron chi connectivity index (χ1n) is 9.85. The normalized spacial score (nSPS) is 14.4. The third-order valence-corrected chi connectivity index (χ3v) is 4.62. The Bertz CT molecular complexity index is 671. The summed E-state index contributed by atoms with van der Waals surface area (Å²) in [5, 5.41) is 0. The van der Waals surface area contributed by atoms with Crippen LogP contribution in [0.3, 0.4) is 0 Å². The van der Waals surface area contributed by atoms with Crippen molar-refractivity contribution in [3.63, 3.8) is 0 Å². The van der Waals surface area contributed by atoms with Gasteiger partial charge in [0.1, 0.15) is 12.3 Å². The standard InChI is InChI=1S/C21H30N2O5/c1-17(24)23(16-21(26)28-18(2)25)12-7-13-27-20-9-6-8-19(14-20)15-22-10-4-3-5-11-22/h6,8-9,14H,3-5,7,10-13,15-16H2,1-2H3. The maximum Gasteiger partial charge on any atom is 0.333 e. The molecule has 0 atom stereocenters. The van der Waals surface area contributed by atoms with Crippen molar-refractivity contribution in [1.82, 2.24) is 9.80 Å². The van der Waals surface area contributed by atoms with Crippen molar-refractivity contribution in [3.05, 3.63) is 29.8 Å². The van der Waals surface area contributed by atoms with Crippen LogP contribution in [-0.2, 0) is 25.7 Å². The van der Waals surface area contributed by atoms with Crippen LogP contribution in [0.5, 0.6) is 5.75 Å². The number of nitrogens with zero attached hydrogens (tertiary/aromatic N) is 2. The second-order valence-corrected chi connectivity index (χ2v) is 7.09. The first-order chi connectivity index (χ1) is 13.4. The number of hydrogen-bond donors (Lipinski definition) is 0. The summed E-state index contributed by atoms with van der Waals surface area (Å²) in [6.45, 7) is 6.33. The van der Waals surface area contributed by atoms with Crippen molar-refractivity contribution in [2.24, 2.45) is 0 Å². The molecular formula is C21H30N2O5. The Balaban J connectivity index is 1.75. The summed E-state index contributed by atoms with van der Waals surface area (Å²) in [6.07, 6.45) is 4.43. The van der Waals surface area contributed by atoms with Gasteiger partial charge in [-0.25, -0.2) is 4.79 Å². The van der Waals surface area contributed by atoms with Crippen LogP contribution in [0.15, 0.2) is 24.3 Å². The van der Waals surface area contributed by atoms with Gasteiger partial charge in [0.25, 0.3) is 0 Å². The molecule has 1 saturated heterocycles. The van der Waals surface area contributed by atoms with E-state index in [1.807, 2.05) is 12.1 Å². The minimum atomic E-state index is -0.728. The smallest absolute Gasteiger partial charge is 0.333 e. The zero-order valence-corrected chi connectivity index (χ0v) is 16.8. The molecule has 1 aromatic rings. The van der Waals surface area contributed by atoms with E-state index in [4.69, 9.17) is 4.74 Å². The number of piperidine rings is 1. The Kier molecular flexibility index (Phi) is 8.94. The largest absolute Gasteiger partial charge is 0.494 e. The van der Waals surface area contributed by atoms with E-state index in [1.54, 1.807) is 0 Å². The minimum Gasteiger partial charge on any atom is -0.494 e. The highest BCUT2D eigenvalue weighted by atomic mass is 16.6. The van der Waals surface area contributed by atoms with Gasteiger partial charge in [-0.2, -0.15) is 0 Å². The molecule has 0 unspecified atom stereocenters. The number of benzene rings is 1. The van der Waals surface area contributed by atoms with Gasteiger partial charge in [-0.15, -0.1) is 0 Å². The predicted octanol–water partition coefficient (Wildman–Crippen LogP) is 2.38. The molecule has 0 aromatic heterocycles. The van der Waals surface area contributed by atoms with Crippen molar-refractivity contribution in [2.45, 2.75) is 46.1 Å². The summed E-state index contributed by atoms with van der Waals surface area (Å²) in [4.78, 5) is 37.8. The Morgan fingerprint density at radius 1 is 1.11 bits per heavy atom. The summed E-state index contributed by atoms with van der Waals surface area (Å²) in [5.41, 5.74) is 1.23. The monoisotopic (exact) mass is 390 g/mol. The molecular weight excluding hydrogens is 360 g/mol. The average molecular weight is 390 g/mol. The Hall–Kier alpha value is -2.41. The minimum absolute atomic E-state index is 0.236. The zero-order chi connectivity index (χ0) is 20.4. The molecule has 0 radical (unpaired) electrons. The van der Waals surface area contributed by atoms with Crippen LogP contribution >= 0.6 is 0 Å². The van der Waals surface area contributed by atoms with Gasteiger partial charge < -0.3 is 14.4 Å². The van der Waals surface area contributed by atoms with E-state index in [2.05, 4.69) is 21.8 Å². The Morgan fingerprint density at radius 2 is 1.86 bits per heavy atom. The highest BCUT2D eigenvalue weighted by Crippen LogP contribution is 2.17. The SMILES string of the molecule is CC(=O)OC(=O)CN(CCCOc1cccc(CN2CCCCC2)c1)C(C)=O. The molecule has 1 fully saturated rings. The quantitative estimate of drug-likeness (QED) is 0.366. The number of likely N-dealkylation sites (tertiary alicyclic amines) is 1. The van der Waals surface area contributed by atoms with Crippen LogP contribution in [0.1, 0.15) is 45.1 Å². The molecule has 0 spiro atoms. The van der Waals surface area contributed by atoms with Gasteiger partial charge >= 0.3 is 11.9 Å². The van der Waals surface area contributed by atoms with E-state index < -0.39 is 11.9 Å². The number of hydrogen-bond acceptors (Lipinski definition) is 6. The molecule has 1 heterocycles. The molecule has 7 nitrogen and oxygen atoms in total. The summed E-state index contributed by atoms with van der Waals surface area (Å²) in [7, 11) is 0. The third-order valence-electron chi connectivity index (χ3n) is 4.62. The fraction of sp³-hybridized carbons (Fsp3) is 0.571. The molecule has 7 heteroatoms. The first-order valence-corrected chi connectivity index (χ1v) is 9.85. The van der Waals surface area contributed by atoms with Crippen LogP contribution < -0.4 is 4.74 Å². The second-order valence-electron chi connectivity index (χ2n) is 7.09. The van der Waals surface area contributed by atoms with Crippen LogP contribution in [0, 0.1) is 0 Å². The van der Waals surface area contributed by atoms with Crippen molar-refractivity contribution in [2.75, 3.05) is 32.8 Å². The van der Waals surface area contributed by atoms with Gasteiger partial charge in [-0.1, -0.05) is 18.6 Å². The van der Waals surface area contributed by atoms with E-state index in [0.29, 0.717) is 19.6 Å². The molecule has 0 aliphatic carbocycles. The van der Waals surface area contributed by atoms with E-state index in [1.165, 1.54) is 36.6 Å². The molecule has 0 N–H and O–H groups in total. The zero-order valence-electron chi connectivity index (χ0n) is 16.8. The second kappa shape index (κ2) is 11.4. The van der Waals surface area contributed by atoms with E-state index in [-0.39, 0.29) is 12.5 Å². The predicted molar refractivity (Wildman–Crippen MR) is 105 cm³/mol. The lowest BCUT2D eigenvalue weighted by atomic mass is 10.1. The van der Waals surface area contributed by atoms with Crippen molar-refractivity contribution in [1.29, 1.82) is 0 Å². The van der Waals surface area contributed by atoms with Crippen molar-refractivity contribution in [3.8, 4) is 5.75 Å². The van der Waals surface area contributed by atoms with Gasteiger partial charge in [0.2, 0.25) is 5.91 Å². The highest BCUT2D eigenvalue weighted by Gasteiger charge is 2.16. The lowest BCUT2D eigenvalue weighted by molar-refractivity contribution is -0.160. The van der Waals surface area contributed by atoms with E-state index in [9.17, 15) is 14.4 Å². The fourth-order valence-electron chi connectivity index (χ4n) is 3.25. The molecule has 1 aliphatic rings. The molecule has 28 heavy (non-hydrogen) atoms. The number of ether oxygens (including phenoxy) is 2. The Labute approximate surface area is 166 Å². The van der Waals surface area contributed by atoms with Gasteiger partial charge in [-0.05, 0) is 50.0 Å². The topological polar surface area (TPSA) is 76.2 Å². The lowest BCUT2D eigenvalue weighted by Gasteiger charge is -2.26. The van der Waals surface area contributed by atoms with Crippen LogP contribution in [-0.4, -0.2) is 60.4 Å². The van der Waals surface area contributed by atoms with Crippen LogP contribution in [0.4, 0.5) is 0 Å². The molecule has 154 valence electrons. The summed E-state index contributed by atoms with van der Waals surface area (Å²) < 4.78 is 10.3. The Morgan fingerprint density at radius 3 is 2.54 bits per heavy atom. The van der Waals surface area contributed by atoms with Gasteiger partial charge in [-0.3, -0.25) is 14.5 Å². The van der Waals surface area contributed by atoms with Crippen LogP contribution in [0.2, 0.25) is 0 Å². The number of esters is 2.